The van der Waals surface area contributed by atoms with Crippen molar-refractivity contribution < 1.29 is 9.59 Å². The van der Waals surface area contributed by atoms with Crippen LogP contribution in [0.4, 0.5) is 0 Å². The van der Waals surface area contributed by atoms with Crippen LogP contribution >= 0.6 is 0 Å². The van der Waals surface area contributed by atoms with Gasteiger partial charge in [0.05, 0.1) is 6.54 Å². The van der Waals surface area contributed by atoms with Crippen molar-refractivity contribution in [2.45, 2.75) is 76.9 Å². The fourth-order valence-electron chi connectivity index (χ4n) is 6.59. The van der Waals surface area contributed by atoms with Crippen molar-refractivity contribution >= 4 is 22.7 Å². The third kappa shape index (κ3) is 6.76. The average molecular weight is 544 g/mol. The lowest BCUT2D eigenvalue weighted by molar-refractivity contribution is -0.130. The van der Waals surface area contributed by atoms with Gasteiger partial charge >= 0.3 is 0 Å². The average Bonchev–Trinajstić information content (AvgIpc) is 3.43. The molecule has 3 N–H and O–H groups in total. The first kappa shape index (κ1) is 28.4. The maximum atomic E-state index is 13.7. The lowest BCUT2D eigenvalue weighted by Gasteiger charge is -2.40. The number of piperazine rings is 1. The highest BCUT2D eigenvalue weighted by Gasteiger charge is 2.31. The fraction of sp³-hybridized carbons (Fsp3) is 0.515. The van der Waals surface area contributed by atoms with Gasteiger partial charge in [-0.15, -0.1) is 0 Å². The third-order valence-electron chi connectivity index (χ3n) is 9.03. The molecular formula is C33H45N5O2. The zero-order valence-electron chi connectivity index (χ0n) is 24.1. The number of amides is 2. The number of aromatic nitrogens is 1. The maximum Gasteiger partial charge on any atom is 0.243 e. The van der Waals surface area contributed by atoms with E-state index >= 15 is 0 Å². The second kappa shape index (κ2) is 13.5. The van der Waals surface area contributed by atoms with Crippen LogP contribution in [0, 0.1) is 0 Å². The van der Waals surface area contributed by atoms with Crippen LogP contribution in [0.3, 0.4) is 0 Å². The molecule has 0 spiro atoms. The van der Waals surface area contributed by atoms with Gasteiger partial charge in [0.15, 0.2) is 0 Å². The summed E-state index contributed by atoms with van der Waals surface area (Å²) >= 11 is 0. The van der Waals surface area contributed by atoms with E-state index in [1.165, 1.54) is 37.7 Å². The van der Waals surface area contributed by atoms with Crippen molar-refractivity contribution in [1.82, 2.24) is 25.4 Å². The van der Waals surface area contributed by atoms with Gasteiger partial charge in [-0.05, 0) is 42.0 Å². The molecule has 2 amide bonds. The molecule has 1 aromatic heterocycles. The summed E-state index contributed by atoms with van der Waals surface area (Å²) in [6.45, 7) is 8.75. The van der Waals surface area contributed by atoms with E-state index in [4.69, 9.17) is 0 Å². The number of nitrogens with zero attached hydrogens (tertiary/aromatic N) is 2. The molecule has 2 fully saturated rings. The first-order chi connectivity index (χ1) is 19.5. The lowest BCUT2D eigenvalue weighted by atomic mass is 9.92. The van der Waals surface area contributed by atoms with Gasteiger partial charge < -0.3 is 15.6 Å². The molecule has 7 nitrogen and oxygen atoms in total. The Labute approximate surface area is 238 Å². The van der Waals surface area contributed by atoms with Crippen LogP contribution < -0.4 is 10.6 Å². The van der Waals surface area contributed by atoms with Crippen LogP contribution in [0.1, 0.15) is 68.6 Å². The highest BCUT2D eigenvalue weighted by Crippen LogP contribution is 2.28. The van der Waals surface area contributed by atoms with Crippen molar-refractivity contribution in [1.29, 1.82) is 0 Å². The summed E-state index contributed by atoms with van der Waals surface area (Å²) in [6, 6.07) is 16.3. The normalized spacial score (nSPS) is 18.9. The van der Waals surface area contributed by atoms with E-state index in [0.717, 1.165) is 54.6 Å². The van der Waals surface area contributed by atoms with Crippen LogP contribution in [-0.4, -0.2) is 71.4 Å². The molecule has 214 valence electrons. The number of rotatable bonds is 10. The Morgan fingerprint density at radius 3 is 2.40 bits per heavy atom. The van der Waals surface area contributed by atoms with Crippen molar-refractivity contribution in [2.24, 2.45) is 0 Å². The number of aromatic amines is 1. The summed E-state index contributed by atoms with van der Waals surface area (Å²) < 4.78 is 0. The molecule has 2 heterocycles. The SMILES string of the molecule is CCc1ccccc1CNC(=O)C(NC(=O)CN1CCN(C2CCCCC2)CC1)C(C)c1c[nH]c2ccccc12. The monoisotopic (exact) mass is 543 g/mol. The topological polar surface area (TPSA) is 80.5 Å². The van der Waals surface area contributed by atoms with E-state index in [9.17, 15) is 9.59 Å². The molecule has 2 atom stereocenters. The quantitative estimate of drug-likeness (QED) is 0.350. The van der Waals surface area contributed by atoms with Crippen LogP contribution in [0.2, 0.25) is 0 Å². The van der Waals surface area contributed by atoms with Gasteiger partial charge in [0.25, 0.3) is 0 Å². The Morgan fingerprint density at radius 1 is 0.950 bits per heavy atom. The molecule has 1 aliphatic heterocycles. The predicted molar refractivity (Wildman–Crippen MR) is 161 cm³/mol. The van der Waals surface area contributed by atoms with E-state index in [2.05, 4.69) is 50.5 Å². The number of aryl methyl sites for hydroxylation is 1. The molecule has 7 heteroatoms. The van der Waals surface area contributed by atoms with Crippen LogP contribution in [-0.2, 0) is 22.6 Å². The van der Waals surface area contributed by atoms with Gasteiger partial charge in [0.2, 0.25) is 11.8 Å². The van der Waals surface area contributed by atoms with Crippen molar-refractivity contribution in [3.05, 3.63) is 71.4 Å². The minimum atomic E-state index is -0.677. The number of fused-ring (bicyclic) bond motifs is 1. The summed E-state index contributed by atoms with van der Waals surface area (Å²) in [7, 11) is 0. The van der Waals surface area contributed by atoms with Crippen molar-refractivity contribution in [3.8, 4) is 0 Å². The number of nitrogens with one attached hydrogen (secondary N) is 3. The second-order valence-electron chi connectivity index (χ2n) is 11.6. The Bertz CT molecular complexity index is 1270. The van der Waals surface area contributed by atoms with Gasteiger partial charge in [-0.1, -0.05) is 75.6 Å². The Kier molecular flexibility index (Phi) is 9.55. The summed E-state index contributed by atoms with van der Waals surface area (Å²) in [5.74, 6) is -0.448. The number of H-pyrrole nitrogens is 1. The van der Waals surface area contributed by atoms with E-state index in [1.54, 1.807) is 0 Å². The van der Waals surface area contributed by atoms with E-state index in [-0.39, 0.29) is 17.7 Å². The molecule has 5 rings (SSSR count). The fourth-order valence-corrected chi connectivity index (χ4v) is 6.59. The number of para-hydroxylation sites is 1. The van der Waals surface area contributed by atoms with Crippen LogP contribution in [0.5, 0.6) is 0 Å². The minimum absolute atomic E-state index is 0.0908. The molecule has 0 bridgehead atoms. The van der Waals surface area contributed by atoms with E-state index in [0.29, 0.717) is 19.1 Å². The zero-order chi connectivity index (χ0) is 27.9. The van der Waals surface area contributed by atoms with Crippen LogP contribution in [0.15, 0.2) is 54.7 Å². The molecule has 1 saturated carbocycles. The summed E-state index contributed by atoms with van der Waals surface area (Å²) in [6.07, 6.45) is 9.56. The van der Waals surface area contributed by atoms with Crippen molar-refractivity contribution in [2.75, 3.05) is 32.7 Å². The van der Waals surface area contributed by atoms with E-state index < -0.39 is 6.04 Å². The first-order valence-electron chi connectivity index (χ1n) is 15.2. The summed E-state index contributed by atoms with van der Waals surface area (Å²) in [4.78, 5) is 35.2. The molecule has 2 aliphatic rings. The minimum Gasteiger partial charge on any atom is -0.361 e. The highest BCUT2D eigenvalue weighted by atomic mass is 16.2. The molecular weight excluding hydrogens is 498 g/mol. The Morgan fingerprint density at radius 2 is 1.65 bits per heavy atom. The molecule has 1 aliphatic carbocycles. The highest BCUT2D eigenvalue weighted by molar-refractivity contribution is 5.91. The number of benzene rings is 2. The molecule has 2 unspecified atom stereocenters. The second-order valence-corrected chi connectivity index (χ2v) is 11.6. The summed E-state index contributed by atoms with van der Waals surface area (Å²) in [5, 5.41) is 7.35. The van der Waals surface area contributed by atoms with Gasteiger partial charge in [-0.25, -0.2) is 0 Å². The zero-order valence-corrected chi connectivity index (χ0v) is 24.1. The van der Waals surface area contributed by atoms with Gasteiger partial charge in [-0.3, -0.25) is 19.4 Å². The standard InChI is InChI=1S/C33H45N5O2/c1-3-25-11-7-8-12-26(25)21-35-33(40)32(24(2)29-22-34-30-16-10-9-15-28(29)30)36-31(39)23-37-17-19-38(20-18-37)27-13-5-4-6-14-27/h7-12,15-16,22,24,27,32,34H,3-6,13-14,17-21,23H2,1-2H3,(H,35,40)(H,36,39). The number of hydrogen-bond acceptors (Lipinski definition) is 4. The number of hydrogen-bond donors (Lipinski definition) is 3. The van der Waals surface area contributed by atoms with Gasteiger partial charge in [-0.2, -0.15) is 0 Å². The lowest BCUT2D eigenvalue weighted by Crippen LogP contribution is -2.55. The number of carbonyl (C=O) groups excluding carboxylic acids is 2. The molecule has 2 aromatic carbocycles. The molecule has 40 heavy (non-hydrogen) atoms. The van der Waals surface area contributed by atoms with Crippen molar-refractivity contribution in [3.63, 3.8) is 0 Å². The smallest absolute Gasteiger partial charge is 0.243 e. The predicted octanol–water partition coefficient (Wildman–Crippen LogP) is 4.59. The Hall–Kier alpha value is -3.16. The largest absolute Gasteiger partial charge is 0.361 e. The third-order valence-corrected chi connectivity index (χ3v) is 9.03. The van der Waals surface area contributed by atoms with Gasteiger partial charge in [0.1, 0.15) is 6.04 Å². The molecule has 3 aromatic rings. The first-order valence-corrected chi connectivity index (χ1v) is 15.2. The van der Waals surface area contributed by atoms with E-state index in [1.807, 2.05) is 43.5 Å². The molecule has 1 saturated heterocycles. The summed E-state index contributed by atoms with van der Waals surface area (Å²) in [5.41, 5.74) is 4.40. The van der Waals surface area contributed by atoms with Crippen LogP contribution in [0.25, 0.3) is 10.9 Å². The number of carbonyl (C=O) groups is 2. The maximum absolute atomic E-state index is 13.7. The molecule has 0 radical (unpaired) electrons. The Balaban J connectivity index is 1.25. The van der Waals surface area contributed by atoms with Gasteiger partial charge in [0, 0.05) is 61.8 Å².